The summed E-state index contributed by atoms with van der Waals surface area (Å²) >= 11 is 5.63. The van der Waals surface area contributed by atoms with Crippen LogP contribution >= 0.6 is 11.6 Å². The van der Waals surface area contributed by atoms with E-state index in [2.05, 4.69) is 10.1 Å². The Labute approximate surface area is 106 Å². The molecule has 0 unspecified atom stereocenters. The first-order chi connectivity index (χ1) is 8.35. The lowest BCUT2D eigenvalue weighted by atomic mass is 9.98. The molecule has 1 aliphatic heterocycles. The monoisotopic (exact) mass is 279 g/mol. The van der Waals surface area contributed by atoms with Crippen LogP contribution in [-0.4, -0.2) is 18.8 Å². The van der Waals surface area contributed by atoms with Crippen LogP contribution in [0.25, 0.3) is 0 Å². The standard InChI is InChI=1S/C11H9ClF3NO2/c12-8-2-1-6(7-4-10(17)16-5-7)3-9(8)18-11(13,14)15/h1-3,7H,4-5H2,(H,16,17)/t7-/m1/s1. The number of carbonyl (C=O) groups excluding carboxylic acids is 1. The van der Waals surface area contributed by atoms with Crippen molar-refractivity contribution in [2.75, 3.05) is 6.54 Å². The van der Waals surface area contributed by atoms with Crippen LogP contribution in [0.15, 0.2) is 18.2 Å². The number of carbonyl (C=O) groups is 1. The Hall–Kier alpha value is -1.43. The summed E-state index contributed by atoms with van der Waals surface area (Å²) in [6.45, 7) is 0.409. The zero-order valence-corrected chi connectivity index (χ0v) is 9.81. The first-order valence-electron chi connectivity index (χ1n) is 5.17. The van der Waals surface area contributed by atoms with E-state index >= 15 is 0 Å². The second-order valence-corrected chi connectivity index (χ2v) is 4.35. The largest absolute Gasteiger partial charge is 0.573 e. The molecular formula is C11H9ClF3NO2. The van der Waals surface area contributed by atoms with E-state index in [9.17, 15) is 18.0 Å². The SMILES string of the molecule is O=C1C[C@@H](c2ccc(Cl)c(OC(F)(F)F)c2)CN1. The molecule has 1 atom stereocenters. The quantitative estimate of drug-likeness (QED) is 0.904. The third-order valence-electron chi connectivity index (χ3n) is 2.63. The maximum atomic E-state index is 12.1. The third-order valence-corrected chi connectivity index (χ3v) is 2.94. The summed E-state index contributed by atoms with van der Waals surface area (Å²) in [6.07, 6.45) is -4.53. The Kier molecular flexibility index (Phi) is 3.38. The average molecular weight is 280 g/mol. The molecule has 18 heavy (non-hydrogen) atoms. The molecule has 1 N–H and O–H groups in total. The van der Waals surface area contributed by atoms with Crippen molar-refractivity contribution in [1.82, 2.24) is 5.32 Å². The van der Waals surface area contributed by atoms with Gasteiger partial charge < -0.3 is 10.1 Å². The number of alkyl halides is 3. The van der Waals surface area contributed by atoms with Crippen LogP contribution in [0.3, 0.4) is 0 Å². The molecule has 0 bridgehead atoms. The highest BCUT2D eigenvalue weighted by Gasteiger charge is 2.32. The van der Waals surface area contributed by atoms with Gasteiger partial charge in [-0.2, -0.15) is 0 Å². The second-order valence-electron chi connectivity index (χ2n) is 3.94. The highest BCUT2D eigenvalue weighted by molar-refractivity contribution is 6.32. The van der Waals surface area contributed by atoms with E-state index in [-0.39, 0.29) is 23.3 Å². The minimum atomic E-state index is -4.79. The molecule has 98 valence electrons. The summed E-state index contributed by atoms with van der Waals surface area (Å²) in [4.78, 5) is 11.1. The molecule has 2 rings (SSSR count). The molecule has 0 saturated carbocycles. The van der Waals surface area contributed by atoms with Crippen LogP contribution in [0.5, 0.6) is 5.75 Å². The molecule has 3 nitrogen and oxygen atoms in total. The Morgan fingerprint density at radius 3 is 2.67 bits per heavy atom. The lowest BCUT2D eigenvalue weighted by Gasteiger charge is -2.13. The van der Waals surface area contributed by atoms with E-state index in [1.165, 1.54) is 12.1 Å². The van der Waals surface area contributed by atoms with Crippen LogP contribution in [0.2, 0.25) is 5.02 Å². The van der Waals surface area contributed by atoms with Crippen LogP contribution in [-0.2, 0) is 4.79 Å². The molecule has 1 heterocycles. The molecule has 1 amide bonds. The van der Waals surface area contributed by atoms with Gasteiger partial charge in [-0.3, -0.25) is 4.79 Å². The zero-order valence-electron chi connectivity index (χ0n) is 9.05. The van der Waals surface area contributed by atoms with Gasteiger partial charge in [0.1, 0.15) is 5.75 Å². The van der Waals surface area contributed by atoms with Gasteiger partial charge in [0.25, 0.3) is 0 Å². The zero-order chi connectivity index (χ0) is 13.3. The van der Waals surface area contributed by atoms with E-state index < -0.39 is 12.1 Å². The summed E-state index contributed by atoms with van der Waals surface area (Å²) in [5.41, 5.74) is 0.594. The van der Waals surface area contributed by atoms with E-state index in [1.54, 1.807) is 6.07 Å². The van der Waals surface area contributed by atoms with Gasteiger partial charge in [0.2, 0.25) is 5.91 Å². The number of amides is 1. The van der Waals surface area contributed by atoms with Gasteiger partial charge in [-0.25, -0.2) is 0 Å². The highest BCUT2D eigenvalue weighted by atomic mass is 35.5. The lowest BCUT2D eigenvalue weighted by Crippen LogP contribution is -2.17. The number of ether oxygens (including phenoxy) is 1. The first-order valence-corrected chi connectivity index (χ1v) is 5.55. The van der Waals surface area contributed by atoms with Crippen molar-refractivity contribution in [2.45, 2.75) is 18.7 Å². The molecule has 0 radical (unpaired) electrons. The van der Waals surface area contributed by atoms with Crippen molar-refractivity contribution < 1.29 is 22.7 Å². The molecular weight excluding hydrogens is 271 g/mol. The molecule has 1 aliphatic rings. The molecule has 7 heteroatoms. The fraction of sp³-hybridized carbons (Fsp3) is 0.364. The van der Waals surface area contributed by atoms with E-state index in [0.29, 0.717) is 12.1 Å². The molecule has 1 saturated heterocycles. The van der Waals surface area contributed by atoms with Crippen molar-refractivity contribution in [1.29, 1.82) is 0 Å². The Balaban J connectivity index is 2.23. The van der Waals surface area contributed by atoms with Gasteiger partial charge in [-0.05, 0) is 17.7 Å². The lowest BCUT2D eigenvalue weighted by molar-refractivity contribution is -0.274. The summed E-state index contributed by atoms with van der Waals surface area (Å²) in [5.74, 6) is -0.709. The minimum Gasteiger partial charge on any atom is -0.404 e. The second kappa shape index (κ2) is 4.68. The van der Waals surface area contributed by atoms with Crippen LogP contribution < -0.4 is 10.1 Å². The maximum absolute atomic E-state index is 12.1. The Bertz CT molecular complexity index is 476. The number of hydrogen-bond donors (Lipinski definition) is 1. The molecule has 0 spiro atoms. The smallest absolute Gasteiger partial charge is 0.404 e. The number of benzene rings is 1. The van der Waals surface area contributed by atoms with Gasteiger partial charge in [-0.1, -0.05) is 17.7 Å². The van der Waals surface area contributed by atoms with Crippen molar-refractivity contribution >= 4 is 17.5 Å². The van der Waals surface area contributed by atoms with E-state index in [4.69, 9.17) is 11.6 Å². The molecule has 0 aromatic heterocycles. The number of halogens is 4. The molecule has 0 aliphatic carbocycles. The minimum absolute atomic E-state index is 0.117. The number of hydrogen-bond acceptors (Lipinski definition) is 2. The predicted molar refractivity (Wildman–Crippen MR) is 58.5 cm³/mol. The van der Waals surface area contributed by atoms with Gasteiger partial charge in [0.15, 0.2) is 0 Å². The molecule has 1 aromatic rings. The Morgan fingerprint density at radius 1 is 1.39 bits per heavy atom. The van der Waals surface area contributed by atoms with Crippen LogP contribution in [0.1, 0.15) is 17.9 Å². The van der Waals surface area contributed by atoms with Crippen molar-refractivity contribution in [3.05, 3.63) is 28.8 Å². The van der Waals surface area contributed by atoms with Crippen molar-refractivity contribution in [2.24, 2.45) is 0 Å². The fourth-order valence-electron chi connectivity index (χ4n) is 1.82. The summed E-state index contributed by atoms with van der Waals surface area (Å²) in [6, 6.07) is 4.15. The van der Waals surface area contributed by atoms with Gasteiger partial charge in [-0.15, -0.1) is 13.2 Å². The normalized spacial score (nSPS) is 19.8. The summed E-state index contributed by atoms with van der Waals surface area (Å²) in [5, 5.41) is 2.50. The molecule has 1 fully saturated rings. The van der Waals surface area contributed by atoms with Crippen molar-refractivity contribution in [3.63, 3.8) is 0 Å². The van der Waals surface area contributed by atoms with Crippen LogP contribution in [0, 0.1) is 0 Å². The first kappa shape index (κ1) is 13.0. The predicted octanol–water partition coefficient (Wildman–Crippen LogP) is 2.84. The molecule has 1 aromatic carbocycles. The topological polar surface area (TPSA) is 38.3 Å². The highest BCUT2D eigenvalue weighted by Crippen LogP contribution is 2.34. The fourth-order valence-corrected chi connectivity index (χ4v) is 1.97. The van der Waals surface area contributed by atoms with E-state index in [1.807, 2.05) is 0 Å². The number of nitrogens with one attached hydrogen (secondary N) is 1. The van der Waals surface area contributed by atoms with Gasteiger partial charge in [0, 0.05) is 18.9 Å². The van der Waals surface area contributed by atoms with Gasteiger partial charge >= 0.3 is 6.36 Å². The number of rotatable bonds is 2. The third kappa shape index (κ3) is 3.07. The van der Waals surface area contributed by atoms with Crippen molar-refractivity contribution in [3.8, 4) is 5.75 Å². The van der Waals surface area contributed by atoms with Crippen LogP contribution in [0.4, 0.5) is 13.2 Å². The Morgan fingerprint density at radius 2 is 2.11 bits per heavy atom. The summed E-state index contributed by atoms with van der Waals surface area (Å²) < 4.78 is 40.3. The summed E-state index contributed by atoms with van der Waals surface area (Å²) in [7, 11) is 0. The van der Waals surface area contributed by atoms with E-state index in [0.717, 1.165) is 0 Å². The maximum Gasteiger partial charge on any atom is 0.573 e. The van der Waals surface area contributed by atoms with Gasteiger partial charge in [0.05, 0.1) is 5.02 Å². The average Bonchev–Trinajstić information content (AvgIpc) is 2.66.